The average molecular weight is 578 g/mol. The highest BCUT2D eigenvalue weighted by atomic mass is 127. The molecule has 10 heteroatoms. The molecule has 0 aromatic heterocycles. The zero-order valence-corrected chi connectivity index (χ0v) is 21.2. The number of hydrogen-bond donors (Lipinski definition) is 1. The Bertz CT molecular complexity index is 1010. The lowest BCUT2D eigenvalue weighted by atomic mass is 10.1. The second-order valence-electron chi connectivity index (χ2n) is 6.93. The normalized spacial score (nSPS) is 12.2. The third-order valence-electron chi connectivity index (χ3n) is 4.69. The fourth-order valence-electron chi connectivity index (χ4n) is 3.09. The zero-order valence-electron chi connectivity index (χ0n) is 17.5. The number of nitrogens with zero attached hydrogens (tertiary/aromatic N) is 2. The van der Waals surface area contributed by atoms with Gasteiger partial charge in [-0.3, -0.25) is 13.9 Å². The van der Waals surface area contributed by atoms with Crippen molar-refractivity contribution in [3.63, 3.8) is 0 Å². The van der Waals surface area contributed by atoms with Crippen LogP contribution in [0.1, 0.15) is 18.9 Å². The summed E-state index contributed by atoms with van der Waals surface area (Å²) >= 11 is 8.07. The van der Waals surface area contributed by atoms with Gasteiger partial charge in [0.25, 0.3) is 0 Å². The number of likely N-dealkylation sites (N-methyl/N-ethyl adjacent to an activating group) is 1. The first kappa shape index (κ1) is 25.4. The third-order valence-corrected chi connectivity index (χ3v) is 6.80. The van der Waals surface area contributed by atoms with E-state index < -0.39 is 28.5 Å². The summed E-state index contributed by atoms with van der Waals surface area (Å²) in [5, 5.41) is 3.14. The van der Waals surface area contributed by atoms with Crippen LogP contribution in [0, 0.1) is 3.57 Å². The molecule has 2 rings (SSSR count). The molecule has 0 saturated carbocycles. The molecule has 0 heterocycles. The minimum Gasteiger partial charge on any atom is -0.357 e. The van der Waals surface area contributed by atoms with E-state index in [2.05, 4.69) is 27.9 Å². The molecule has 0 bridgehead atoms. The van der Waals surface area contributed by atoms with Gasteiger partial charge >= 0.3 is 0 Å². The van der Waals surface area contributed by atoms with Crippen LogP contribution in [0.4, 0.5) is 5.69 Å². The van der Waals surface area contributed by atoms with E-state index in [9.17, 15) is 18.0 Å². The Kier molecular flexibility index (Phi) is 9.14. The number of nitrogens with one attached hydrogen (secondary N) is 1. The first-order valence-corrected chi connectivity index (χ1v) is 12.9. The Labute approximate surface area is 201 Å². The monoisotopic (exact) mass is 577 g/mol. The molecular weight excluding hydrogens is 553 g/mol. The van der Waals surface area contributed by atoms with E-state index in [1.54, 1.807) is 55.5 Å². The molecule has 0 radical (unpaired) electrons. The van der Waals surface area contributed by atoms with Crippen molar-refractivity contribution in [1.82, 2.24) is 10.2 Å². The van der Waals surface area contributed by atoms with Gasteiger partial charge in [-0.25, -0.2) is 8.42 Å². The molecule has 31 heavy (non-hydrogen) atoms. The van der Waals surface area contributed by atoms with Gasteiger partial charge in [0.2, 0.25) is 21.8 Å². The quantitative estimate of drug-likeness (QED) is 0.464. The van der Waals surface area contributed by atoms with Gasteiger partial charge in [-0.2, -0.15) is 0 Å². The maximum atomic E-state index is 13.3. The number of anilines is 1. The third kappa shape index (κ3) is 7.08. The van der Waals surface area contributed by atoms with Crippen LogP contribution in [0.5, 0.6) is 0 Å². The fourth-order valence-corrected chi connectivity index (χ4v) is 4.43. The highest BCUT2D eigenvalue weighted by molar-refractivity contribution is 14.1. The molecule has 1 unspecified atom stereocenters. The Balaban J connectivity index is 2.40. The van der Waals surface area contributed by atoms with Gasteiger partial charge in [0.1, 0.15) is 12.6 Å². The largest absolute Gasteiger partial charge is 0.357 e. The van der Waals surface area contributed by atoms with E-state index in [1.807, 2.05) is 0 Å². The van der Waals surface area contributed by atoms with Crippen LogP contribution in [0.3, 0.4) is 0 Å². The fraction of sp³-hybridized carbons (Fsp3) is 0.333. The summed E-state index contributed by atoms with van der Waals surface area (Å²) in [5.74, 6) is -0.792. The first-order chi connectivity index (χ1) is 14.6. The predicted molar refractivity (Wildman–Crippen MR) is 131 cm³/mol. The molecule has 168 valence electrons. The van der Waals surface area contributed by atoms with Crippen molar-refractivity contribution < 1.29 is 18.0 Å². The summed E-state index contributed by atoms with van der Waals surface area (Å²) < 4.78 is 26.9. The lowest BCUT2D eigenvalue weighted by Gasteiger charge is -2.32. The number of sulfonamides is 1. The van der Waals surface area contributed by atoms with Crippen molar-refractivity contribution >= 4 is 61.7 Å². The van der Waals surface area contributed by atoms with Crippen LogP contribution in [0.15, 0.2) is 48.5 Å². The Morgan fingerprint density at radius 3 is 2.16 bits per heavy atom. The van der Waals surface area contributed by atoms with Crippen molar-refractivity contribution in [2.24, 2.45) is 0 Å². The SMILES string of the molecule is CCC(C(=O)NC)N(Cc1ccc(Cl)cc1)C(=O)CN(c1ccc(I)cc1)S(C)(=O)=O. The lowest BCUT2D eigenvalue weighted by molar-refractivity contribution is -0.140. The number of carbonyl (C=O) groups excluding carboxylic acids is 2. The predicted octanol–water partition coefficient (Wildman–Crippen LogP) is 3.26. The van der Waals surface area contributed by atoms with E-state index in [0.717, 1.165) is 19.7 Å². The van der Waals surface area contributed by atoms with Crippen LogP contribution in [-0.4, -0.2) is 51.0 Å². The summed E-state index contributed by atoms with van der Waals surface area (Å²) in [6, 6.07) is 13.0. The first-order valence-electron chi connectivity index (χ1n) is 9.55. The van der Waals surface area contributed by atoms with Crippen LogP contribution >= 0.6 is 34.2 Å². The molecule has 1 N–H and O–H groups in total. The maximum Gasteiger partial charge on any atom is 0.244 e. The van der Waals surface area contributed by atoms with E-state index in [4.69, 9.17) is 11.6 Å². The van der Waals surface area contributed by atoms with E-state index in [1.165, 1.54) is 11.9 Å². The lowest BCUT2D eigenvalue weighted by Crippen LogP contribution is -2.51. The van der Waals surface area contributed by atoms with E-state index in [-0.39, 0.29) is 12.5 Å². The Hall–Kier alpha value is -1.85. The summed E-state index contributed by atoms with van der Waals surface area (Å²) in [4.78, 5) is 27.2. The summed E-state index contributed by atoms with van der Waals surface area (Å²) in [5.41, 5.74) is 1.16. The molecule has 2 amide bonds. The van der Waals surface area contributed by atoms with Crippen LogP contribution in [-0.2, 0) is 26.2 Å². The second-order valence-corrected chi connectivity index (χ2v) is 10.5. The smallest absolute Gasteiger partial charge is 0.244 e. The van der Waals surface area contributed by atoms with E-state index in [0.29, 0.717) is 17.1 Å². The van der Waals surface area contributed by atoms with Gasteiger partial charge in [0.15, 0.2) is 0 Å². The van der Waals surface area contributed by atoms with Gasteiger partial charge in [-0.15, -0.1) is 0 Å². The Morgan fingerprint density at radius 1 is 1.10 bits per heavy atom. The molecule has 1 atom stereocenters. The summed E-state index contributed by atoms with van der Waals surface area (Å²) in [7, 11) is -2.23. The molecule has 0 aliphatic heterocycles. The molecule has 0 saturated heterocycles. The number of amides is 2. The van der Waals surface area contributed by atoms with Crippen molar-refractivity contribution in [3.8, 4) is 0 Å². The van der Waals surface area contributed by atoms with Crippen LogP contribution < -0.4 is 9.62 Å². The number of halogens is 2. The molecule has 2 aromatic rings. The van der Waals surface area contributed by atoms with Gasteiger partial charge in [-0.05, 0) is 71.0 Å². The standard InChI is InChI=1S/C21H25ClIN3O4S/c1-4-19(21(28)24-2)25(13-15-5-7-16(22)8-6-15)20(27)14-26(31(3,29)30)18-11-9-17(23)10-12-18/h5-12,19H,4,13-14H2,1-3H3,(H,24,28). The molecule has 7 nitrogen and oxygen atoms in total. The summed E-state index contributed by atoms with van der Waals surface area (Å²) in [6.45, 7) is 1.53. The molecule has 0 aliphatic rings. The molecule has 0 fully saturated rings. The minimum absolute atomic E-state index is 0.145. The maximum absolute atomic E-state index is 13.3. The summed E-state index contributed by atoms with van der Waals surface area (Å²) in [6.07, 6.45) is 1.43. The van der Waals surface area contributed by atoms with Crippen molar-refractivity contribution in [2.75, 3.05) is 24.2 Å². The van der Waals surface area contributed by atoms with Crippen LogP contribution in [0.25, 0.3) is 0 Å². The molecule has 0 spiro atoms. The molecule has 2 aromatic carbocycles. The van der Waals surface area contributed by atoms with Crippen molar-refractivity contribution in [2.45, 2.75) is 25.9 Å². The zero-order chi connectivity index (χ0) is 23.2. The number of benzene rings is 2. The minimum atomic E-state index is -3.73. The van der Waals surface area contributed by atoms with Gasteiger partial charge in [-0.1, -0.05) is 30.7 Å². The number of carbonyl (C=O) groups is 2. The Morgan fingerprint density at radius 2 is 1.68 bits per heavy atom. The van der Waals surface area contributed by atoms with Gasteiger partial charge in [0.05, 0.1) is 11.9 Å². The van der Waals surface area contributed by atoms with Crippen LogP contribution in [0.2, 0.25) is 5.02 Å². The van der Waals surface area contributed by atoms with Crippen molar-refractivity contribution in [3.05, 3.63) is 62.7 Å². The van der Waals surface area contributed by atoms with Crippen molar-refractivity contribution in [1.29, 1.82) is 0 Å². The highest BCUT2D eigenvalue weighted by Crippen LogP contribution is 2.21. The highest BCUT2D eigenvalue weighted by Gasteiger charge is 2.31. The number of rotatable bonds is 9. The second kappa shape index (κ2) is 11.1. The average Bonchev–Trinajstić information content (AvgIpc) is 2.72. The van der Waals surface area contributed by atoms with Gasteiger partial charge in [0, 0.05) is 22.2 Å². The molecule has 0 aliphatic carbocycles. The van der Waals surface area contributed by atoms with Gasteiger partial charge < -0.3 is 10.2 Å². The topological polar surface area (TPSA) is 86.8 Å². The van der Waals surface area contributed by atoms with E-state index >= 15 is 0 Å². The number of hydrogen-bond acceptors (Lipinski definition) is 4. The molecular formula is C21H25ClIN3O4S.